The molecule has 0 radical (unpaired) electrons. The van der Waals surface area contributed by atoms with Crippen molar-refractivity contribution in [3.8, 4) is 16.6 Å². The number of amides is 1. The lowest BCUT2D eigenvalue weighted by Gasteiger charge is -2.20. The van der Waals surface area contributed by atoms with Crippen molar-refractivity contribution < 1.29 is 22.7 Å². The first-order valence-corrected chi connectivity index (χ1v) is 14.8. The van der Waals surface area contributed by atoms with Gasteiger partial charge in [0.2, 0.25) is 21.9 Å². The Labute approximate surface area is 234 Å². The number of carbonyl (C=O) groups excluding carboxylic acids is 1. The van der Waals surface area contributed by atoms with E-state index in [0.29, 0.717) is 40.3 Å². The number of benzene rings is 3. The lowest BCUT2D eigenvalue weighted by Crippen LogP contribution is -2.30. The van der Waals surface area contributed by atoms with Gasteiger partial charge in [-0.15, -0.1) is 0 Å². The fourth-order valence-electron chi connectivity index (χ4n) is 4.40. The van der Waals surface area contributed by atoms with Gasteiger partial charge in [-0.25, -0.2) is 13.4 Å². The van der Waals surface area contributed by atoms with Gasteiger partial charge in [-0.3, -0.25) is 4.79 Å². The van der Waals surface area contributed by atoms with E-state index in [0.717, 1.165) is 15.8 Å². The van der Waals surface area contributed by atoms with Crippen molar-refractivity contribution >= 4 is 43.3 Å². The highest BCUT2D eigenvalue weighted by Gasteiger charge is 2.24. The fraction of sp³-hybridized carbons (Fsp3) is 0.179. The van der Waals surface area contributed by atoms with Crippen molar-refractivity contribution in [3.05, 3.63) is 89.6 Å². The summed E-state index contributed by atoms with van der Waals surface area (Å²) in [5.74, 6) is 1.35. The highest BCUT2D eigenvalue weighted by atomic mass is 32.2. The Morgan fingerprint density at radius 2 is 1.77 bits per heavy atom. The van der Waals surface area contributed by atoms with E-state index in [1.807, 2.05) is 49.4 Å². The summed E-state index contributed by atoms with van der Waals surface area (Å²) in [5.41, 5.74) is 2.64. The van der Waals surface area contributed by atoms with Crippen LogP contribution in [0.2, 0.25) is 0 Å². The van der Waals surface area contributed by atoms with Crippen LogP contribution in [0.3, 0.4) is 0 Å². The monoisotopic (exact) mass is 575 g/mol. The van der Waals surface area contributed by atoms with Crippen molar-refractivity contribution in [2.75, 3.05) is 18.7 Å². The number of thiazole rings is 1. The predicted molar refractivity (Wildman–Crippen MR) is 152 cm³/mol. The van der Waals surface area contributed by atoms with Crippen LogP contribution in [0.5, 0.6) is 11.5 Å². The molecule has 3 heterocycles. The second-order valence-corrected chi connectivity index (χ2v) is 12.1. The summed E-state index contributed by atoms with van der Waals surface area (Å²) in [7, 11) is -3.74. The molecule has 12 heteroatoms. The summed E-state index contributed by atoms with van der Waals surface area (Å²) in [6, 6.07) is 20.8. The summed E-state index contributed by atoms with van der Waals surface area (Å²) in [6.45, 7) is 4.39. The second-order valence-electron chi connectivity index (χ2n) is 9.15. The number of nitrogens with one attached hydrogen (secondary N) is 1. The van der Waals surface area contributed by atoms with Crippen LogP contribution in [-0.4, -0.2) is 46.7 Å². The summed E-state index contributed by atoms with van der Waals surface area (Å²) in [6.07, 6.45) is 0. The quantitative estimate of drug-likeness (QED) is 0.277. The smallest absolute Gasteiger partial charge is 0.256 e. The zero-order valence-electron chi connectivity index (χ0n) is 21.7. The molecule has 0 atom stereocenters. The molecule has 10 nitrogen and oxygen atoms in total. The number of hydrogen-bond acceptors (Lipinski definition) is 8. The normalized spacial score (nSPS) is 12.8. The number of carbonyl (C=O) groups is 1. The molecule has 1 aliphatic heterocycles. The van der Waals surface area contributed by atoms with E-state index < -0.39 is 15.9 Å². The van der Waals surface area contributed by atoms with Gasteiger partial charge in [-0.2, -0.15) is 14.1 Å². The first-order valence-electron chi connectivity index (χ1n) is 12.5. The predicted octanol–water partition coefficient (Wildman–Crippen LogP) is 4.98. The summed E-state index contributed by atoms with van der Waals surface area (Å²) >= 11 is 1.41. The Hall–Kier alpha value is -4.26. The summed E-state index contributed by atoms with van der Waals surface area (Å²) in [5, 5.41) is 7.96. The number of fused-ring (bicyclic) bond motifs is 2. The Morgan fingerprint density at radius 3 is 2.50 bits per heavy atom. The van der Waals surface area contributed by atoms with E-state index in [-0.39, 0.29) is 18.2 Å². The van der Waals surface area contributed by atoms with Crippen LogP contribution in [0.4, 0.5) is 5.82 Å². The van der Waals surface area contributed by atoms with Crippen LogP contribution in [0.1, 0.15) is 28.5 Å². The number of aromatic nitrogens is 3. The van der Waals surface area contributed by atoms with Gasteiger partial charge in [0, 0.05) is 36.9 Å². The van der Waals surface area contributed by atoms with Gasteiger partial charge in [0.15, 0.2) is 11.5 Å². The molecule has 0 bridgehead atoms. The summed E-state index contributed by atoms with van der Waals surface area (Å²) in [4.78, 5) is 17.9. The minimum absolute atomic E-state index is 0.122. The zero-order valence-corrected chi connectivity index (χ0v) is 23.3. The number of hydrogen-bond donors (Lipinski definition) is 1. The van der Waals surface area contributed by atoms with Crippen molar-refractivity contribution in [1.82, 2.24) is 19.1 Å². The SMILES string of the molecule is CCN(Cc1ccccc1)S(=O)(=O)c1ccc(C(=O)Nc2cc(C)nn2-c2nc3cc4c(cc3s2)OCO4)cc1. The lowest BCUT2D eigenvalue weighted by atomic mass is 10.2. The molecule has 0 spiro atoms. The van der Waals surface area contributed by atoms with Crippen LogP contribution in [0.15, 0.2) is 77.7 Å². The first kappa shape index (κ1) is 26.0. The van der Waals surface area contributed by atoms with E-state index in [1.165, 1.54) is 39.9 Å². The topological polar surface area (TPSA) is 116 Å². The van der Waals surface area contributed by atoms with Gasteiger partial charge in [-0.1, -0.05) is 48.6 Å². The maximum absolute atomic E-state index is 13.3. The van der Waals surface area contributed by atoms with Crippen LogP contribution >= 0.6 is 11.3 Å². The van der Waals surface area contributed by atoms with E-state index in [9.17, 15) is 13.2 Å². The third-order valence-corrected chi connectivity index (χ3v) is 9.36. The minimum atomic E-state index is -3.74. The number of aryl methyl sites for hydroxylation is 1. The van der Waals surface area contributed by atoms with E-state index in [1.54, 1.807) is 17.7 Å². The molecule has 204 valence electrons. The molecule has 2 aromatic heterocycles. The molecule has 0 saturated heterocycles. The maximum atomic E-state index is 13.3. The molecule has 0 fully saturated rings. The van der Waals surface area contributed by atoms with Crippen molar-refractivity contribution in [2.45, 2.75) is 25.3 Å². The van der Waals surface area contributed by atoms with Crippen molar-refractivity contribution in [3.63, 3.8) is 0 Å². The van der Waals surface area contributed by atoms with Crippen LogP contribution in [0, 0.1) is 6.92 Å². The Balaban J connectivity index is 1.21. The van der Waals surface area contributed by atoms with Crippen molar-refractivity contribution in [1.29, 1.82) is 0 Å². The standard InChI is InChI=1S/C28H25N5O5S2/c1-3-32(16-19-7-5-4-6-8-19)40(35,36)21-11-9-20(10-12-21)27(34)30-26-13-18(2)31-33(26)28-29-22-14-23-24(38-17-37-23)15-25(22)39-28/h4-15H,3,16-17H2,1-2H3,(H,30,34). The van der Waals surface area contributed by atoms with Crippen LogP contribution in [-0.2, 0) is 16.6 Å². The number of ether oxygens (including phenoxy) is 2. The summed E-state index contributed by atoms with van der Waals surface area (Å²) < 4.78 is 41.3. The van der Waals surface area contributed by atoms with E-state index in [2.05, 4.69) is 15.4 Å². The molecule has 3 aromatic carbocycles. The zero-order chi connectivity index (χ0) is 27.9. The van der Waals surface area contributed by atoms with Crippen molar-refractivity contribution in [2.24, 2.45) is 0 Å². The number of sulfonamides is 1. The second kappa shape index (κ2) is 10.4. The minimum Gasteiger partial charge on any atom is -0.454 e. The highest BCUT2D eigenvalue weighted by Crippen LogP contribution is 2.39. The molecular formula is C28H25N5O5S2. The molecule has 1 amide bonds. The molecule has 40 heavy (non-hydrogen) atoms. The Kier molecular flexibility index (Phi) is 6.74. The molecule has 1 aliphatic rings. The number of rotatable bonds is 8. The average Bonchev–Trinajstić information content (AvgIpc) is 3.68. The first-order chi connectivity index (χ1) is 19.3. The fourth-order valence-corrected chi connectivity index (χ4v) is 6.78. The third-order valence-electron chi connectivity index (χ3n) is 6.43. The highest BCUT2D eigenvalue weighted by molar-refractivity contribution is 7.89. The molecular weight excluding hydrogens is 550 g/mol. The molecule has 6 rings (SSSR count). The van der Waals surface area contributed by atoms with Gasteiger partial charge >= 0.3 is 0 Å². The maximum Gasteiger partial charge on any atom is 0.256 e. The van der Waals surface area contributed by atoms with Crippen LogP contribution in [0.25, 0.3) is 15.3 Å². The molecule has 0 unspecified atom stereocenters. The number of nitrogens with zero attached hydrogens (tertiary/aromatic N) is 4. The average molecular weight is 576 g/mol. The third kappa shape index (κ3) is 4.92. The number of anilines is 1. The largest absolute Gasteiger partial charge is 0.454 e. The van der Waals surface area contributed by atoms with Gasteiger partial charge in [0.1, 0.15) is 5.82 Å². The van der Waals surface area contributed by atoms with Gasteiger partial charge in [0.05, 0.1) is 20.8 Å². The molecule has 5 aromatic rings. The van der Waals surface area contributed by atoms with Gasteiger partial charge in [0.25, 0.3) is 5.91 Å². The Morgan fingerprint density at radius 1 is 1.05 bits per heavy atom. The van der Waals surface area contributed by atoms with Crippen LogP contribution < -0.4 is 14.8 Å². The van der Waals surface area contributed by atoms with Gasteiger partial charge < -0.3 is 14.8 Å². The molecule has 1 N–H and O–H groups in total. The lowest BCUT2D eigenvalue weighted by molar-refractivity contribution is 0.102. The molecule has 0 saturated carbocycles. The Bertz CT molecular complexity index is 1770. The van der Waals surface area contributed by atoms with E-state index in [4.69, 9.17) is 9.47 Å². The van der Waals surface area contributed by atoms with E-state index >= 15 is 0 Å². The van der Waals surface area contributed by atoms with Gasteiger partial charge in [-0.05, 0) is 36.8 Å². The molecule has 0 aliphatic carbocycles.